The van der Waals surface area contributed by atoms with Crippen molar-refractivity contribution in [3.8, 4) is 0 Å². The predicted molar refractivity (Wildman–Crippen MR) is 164 cm³/mol. The summed E-state index contributed by atoms with van der Waals surface area (Å²) in [5.74, 6) is -0.402. The maximum absolute atomic E-state index is 14.1. The van der Waals surface area contributed by atoms with Crippen LogP contribution in [0.15, 0.2) is 24.3 Å². The number of carbonyl (C=O) groups excluding carboxylic acids is 3. The number of ether oxygens (including phenoxy) is 1. The number of nitrogens with zero attached hydrogens (tertiary/aromatic N) is 2. The SMILES string of the molecule is O=C(O)N[C@H](CF)[C@H]1CC[C@H](C(=O)N2CC[C@@H](C3CCCCC3)[C@H]2C(=O)Nc2ccc3c(c2)cc2n3C3(CCC3)OC2=O)CC1. The average Bonchev–Trinajstić information content (AvgIpc) is 3.72. The molecule has 2 aliphatic heterocycles. The molecular weight excluding hydrogens is 579 g/mol. The molecule has 3 saturated carbocycles. The molecule has 3 atom stereocenters. The molecule has 1 aromatic heterocycles. The minimum absolute atomic E-state index is 0.0153. The average molecular weight is 623 g/mol. The van der Waals surface area contributed by atoms with Crippen LogP contribution in [0.5, 0.6) is 0 Å². The summed E-state index contributed by atoms with van der Waals surface area (Å²) in [7, 11) is 0. The number of alkyl halides is 1. The topological polar surface area (TPSA) is 130 Å². The molecule has 11 heteroatoms. The summed E-state index contributed by atoms with van der Waals surface area (Å²) in [5, 5.41) is 15.4. The fraction of sp³-hybridized carbons (Fsp3) is 0.647. The minimum Gasteiger partial charge on any atom is -0.465 e. The number of fused-ring (bicyclic) bond motifs is 4. The summed E-state index contributed by atoms with van der Waals surface area (Å²) in [6.07, 6.45) is 10.1. The molecule has 2 aromatic rings. The molecule has 0 unspecified atom stereocenters. The number of nitrogens with one attached hydrogen (secondary N) is 2. The van der Waals surface area contributed by atoms with Crippen molar-refractivity contribution in [2.75, 3.05) is 18.5 Å². The van der Waals surface area contributed by atoms with Crippen LogP contribution < -0.4 is 10.6 Å². The van der Waals surface area contributed by atoms with Crippen molar-refractivity contribution in [3.05, 3.63) is 30.0 Å². The summed E-state index contributed by atoms with van der Waals surface area (Å²) in [5.41, 5.74) is 1.52. The van der Waals surface area contributed by atoms with E-state index in [2.05, 4.69) is 10.6 Å². The predicted octanol–water partition coefficient (Wildman–Crippen LogP) is 5.80. The molecule has 1 spiro atoms. The van der Waals surface area contributed by atoms with Gasteiger partial charge < -0.3 is 25.4 Å². The normalized spacial score (nSPS) is 28.4. The van der Waals surface area contributed by atoms with Crippen molar-refractivity contribution in [2.45, 2.75) is 101 Å². The number of carboxylic acid groups (broad SMARTS) is 1. The van der Waals surface area contributed by atoms with Gasteiger partial charge in [0, 0.05) is 36.4 Å². The highest BCUT2D eigenvalue weighted by Crippen LogP contribution is 2.48. The van der Waals surface area contributed by atoms with Gasteiger partial charge in [0.1, 0.15) is 18.4 Å². The van der Waals surface area contributed by atoms with E-state index in [0.717, 1.165) is 62.3 Å². The Kier molecular flexibility index (Phi) is 7.98. The number of hydrogen-bond acceptors (Lipinski definition) is 5. The van der Waals surface area contributed by atoms with E-state index in [1.54, 1.807) is 0 Å². The summed E-state index contributed by atoms with van der Waals surface area (Å²) in [6.45, 7) is -0.225. The quantitative estimate of drug-likeness (QED) is 0.335. The van der Waals surface area contributed by atoms with Crippen LogP contribution in [0.3, 0.4) is 0 Å². The van der Waals surface area contributed by atoms with Gasteiger partial charge in [-0.1, -0.05) is 32.1 Å². The second kappa shape index (κ2) is 11.9. The van der Waals surface area contributed by atoms with Crippen molar-refractivity contribution in [2.24, 2.45) is 23.7 Å². The van der Waals surface area contributed by atoms with Crippen molar-refractivity contribution < 1.29 is 33.4 Å². The zero-order valence-electron chi connectivity index (χ0n) is 25.6. The van der Waals surface area contributed by atoms with Crippen molar-refractivity contribution in [1.29, 1.82) is 0 Å². The Balaban J connectivity index is 1.09. The first-order valence-electron chi connectivity index (χ1n) is 16.8. The molecule has 242 valence electrons. The Bertz CT molecular complexity index is 1490. The molecule has 1 aromatic carbocycles. The lowest BCUT2D eigenvalue weighted by Gasteiger charge is -2.38. The second-order valence-corrected chi connectivity index (χ2v) is 14.0. The van der Waals surface area contributed by atoms with Gasteiger partial charge in [-0.25, -0.2) is 14.0 Å². The van der Waals surface area contributed by atoms with Gasteiger partial charge in [0.15, 0.2) is 5.72 Å². The number of benzene rings is 1. The zero-order valence-corrected chi connectivity index (χ0v) is 25.6. The number of anilines is 1. The second-order valence-electron chi connectivity index (χ2n) is 14.0. The van der Waals surface area contributed by atoms with E-state index in [1.807, 2.05) is 33.7 Å². The molecule has 3 amide bonds. The van der Waals surface area contributed by atoms with Crippen molar-refractivity contribution in [1.82, 2.24) is 14.8 Å². The Morgan fingerprint density at radius 3 is 2.42 bits per heavy atom. The van der Waals surface area contributed by atoms with Crippen LogP contribution in [0.1, 0.15) is 94.0 Å². The Morgan fingerprint density at radius 2 is 1.76 bits per heavy atom. The van der Waals surface area contributed by atoms with Crippen molar-refractivity contribution in [3.63, 3.8) is 0 Å². The minimum atomic E-state index is -1.24. The molecule has 0 radical (unpaired) electrons. The van der Waals surface area contributed by atoms with Crippen LogP contribution in [0.2, 0.25) is 0 Å². The third-order valence-corrected chi connectivity index (χ3v) is 11.5. The summed E-state index contributed by atoms with van der Waals surface area (Å²) < 4.78 is 21.3. The number of carbonyl (C=O) groups is 4. The summed E-state index contributed by atoms with van der Waals surface area (Å²) >= 11 is 0. The molecule has 4 fully saturated rings. The highest BCUT2D eigenvalue weighted by atomic mass is 19.1. The van der Waals surface area contributed by atoms with Gasteiger partial charge in [0.25, 0.3) is 0 Å². The van der Waals surface area contributed by atoms with Crippen molar-refractivity contribution >= 4 is 40.5 Å². The maximum atomic E-state index is 14.1. The van der Waals surface area contributed by atoms with Gasteiger partial charge in [-0.2, -0.15) is 0 Å². The maximum Gasteiger partial charge on any atom is 0.404 e. The molecule has 0 bridgehead atoms. The third-order valence-electron chi connectivity index (χ3n) is 11.5. The fourth-order valence-corrected chi connectivity index (χ4v) is 9.07. The lowest BCUT2D eigenvalue weighted by molar-refractivity contribution is -0.142. The molecular formula is C34H43FN4O6. The number of hydrogen-bond donors (Lipinski definition) is 3. The standard InChI is InChI=1S/C34H43FN4O6/c35-19-26(37-33(43)44)21-7-9-22(10-8-21)31(41)38-16-13-25(20-5-2-1-3-6-20)29(38)30(40)36-24-11-12-27-23(17-24)18-28-32(42)45-34(39(27)28)14-4-15-34/h11-12,17-18,20-22,25-26,29,37H,1-10,13-16,19H2,(H,36,40)(H,43,44)/t21-,22-,25-,26+,29-/m0/s1. The van der Waals surface area contributed by atoms with E-state index in [4.69, 9.17) is 9.84 Å². The molecule has 1 saturated heterocycles. The molecule has 7 rings (SSSR count). The summed E-state index contributed by atoms with van der Waals surface area (Å²) in [6, 6.07) is 6.23. The van der Waals surface area contributed by atoms with E-state index >= 15 is 0 Å². The molecule has 45 heavy (non-hydrogen) atoms. The van der Waals surface area contributed by atoms with Crippen LogP contribution in [0, 0.1) is 23.7 Å². The van der Waals surface area contributed by atoms with E-state index in [9.17, 15) is 23.6 Å². The zero-order chi connectivity index (χ0) is 31.3. The number of esters is 1. The van der Waals surface area contributed by atoms with Crippen LogP contribution in [-0.2, 0) is 20.1 Å². The monoisotopic (exact) mass is 622 g/mol. The van der Waals surface area contributed by atoms with Crippen LogP contribution in [-0.4, -0.2) is 63.8 Å². The molecule has 3 N–H and O–H groups in total. The third kappa shape index (κ3) is 5.35. The highest BCUT2D eigenvalue weighted by Gasteiger charge is 2.51. The Labute approximate surface area is 262 Å². The van der Waals surface area contributed by atoms with Gasteiger partial charge >= 0.3 is 12.1 Å². The lowest BCUT2D eigenvalue weighted by Crippen LogP contribution is -2.50. The van der Waals surface area contributed by atoms with Gasteiger partial charge in [0.05, 0.1) is 11.6 Å². The van der Waals surface area contributed by atoms with Gasteiger partial charge in [-0.05, 0) is 80.5 Å². The number of aromatic nitrogens is 1. The van der Waals surface area contributed by atoms with Gasteiger partial charge in [-0.3, -0.25) is 14.2 Å². The smallest absolute Gasteiger partial charge is 0.404 e. The van der Waals surface area contributed by atoms with Gasteiger partial charge in [0.2, 0.25) is 11.8 Å². The number of halogens is 1. The van der Waals surface area contributed by atoms with E-state index in [0.29, 0.717) is 49.5 Å². The first-order valence-corrected chi connectivity index (χ1v) is 16.8. The Hall–Kier alpha value is -3.63. The molecule has 10 nitrogen and oxygen atoms in total. The fourth-order valence-electron chi connectivity index (χ4n) is 9.07. The van der Waals surface area contributed by atoms with Crippen LogP contribution in [0.4, 0.5) is 14.9 Å². The van der Waals surface area contributed by atoms with E-state index in [-0.39, 0.29) is 35.5 Å². The number of likely N-dealkylation sites (tertiary alicyclic amines) is 1. The molecule has 3 aliphatic carbocycles. The number of rotatable bonds is 7. The first kappa shape index (κ1) is 30.0. The largest absolute Gasteiger partial charge is 0.465 e. The van der Waals surface area contributed by atoms with Crippen LogP contribution >= 0.6 is 0 Å². The first-order chi connectivity index (χ1) is 21.8. The lowest BCUT2D eigenvalue weighted by atomic mass is 9.76. The van der Waals surface area contributed by atoms with E-state index in [1.165, 1.54) is 6.42 Å². The highest BCUT2D eigenvalue weighted by molar-refractivity contribution is 6.02. The van der Waals surface area contributed by atoms with Gasteiger partial charge in [-0.15, -0.1) is 0 Å². The number of amides is 3. The molecule has 5 aliphatic rings. The molecule has 3 heterocycles. The van der Waals surface area contributed by atoms with E-state index < -0.39 is 30.6 Å². The summed E-state index contributed by atoms with van der Waals surface area (Å²) in [4.78, 5) is 53.7. The van der Waals surface area contributed by atoms with Crippen LogP contribution in [0.25, 0.3) is 10.9 Å². The Morgan fingerprint density at radius 1 is 1.00 bits per heavy atom.